The van der Waals surface area contributed by atoms with Gasteiger partial charge in [0.05, 0.1) is 37.3 Å². The molecule has 2 heterocycles. The van der Waals surface area contributed by atoms with E-state index in [-0.39, 0.29) is 24.0 Å². The molecule has 5 rings (SSSR count). The van der Waals surface area contributed by atoms with Gasteiger partial charge < -0.3 is 24.8 Å². The van der Waals surface area contributed by atoms with E-state index in [0.717, 1.165) is 55.8 Å². The van der Waals surface area contributed by atoms with Gasteiger partial charge in [-0.25, -0.2) is 9.78 Å². The van der Waals surface area contributed by atoms with Crippen LogP contribution < -0.4 is 10.6 Å². The SMILES string of the molecule is COC(=O)N[C@H]1CCCC[C@@H]1n1cnc(C(=O)N2CCNC[C@H]2CSc2ccccc2)c1-c1ccccc1. The molecule has 1 saturated carbocycles. The van der Waals surface area contributed by atoms with Gasteiger partial charge in [-0.1, -0.05) is 61.4 Å². The summed E-state index contributed by atoms with van der Waals surface area (Å²) in [7, 11) is 1.39. The standard InChI is InChI=1S/C29H35N5O3S/c1-37-29(36)32-24-14-8-9-15-25(24)34-20-31-26(27(34)21-10-4-2-5-11-21)28(35)33-17-16-30-18-22(33)19-38-23-12-6-3-7-13-23/h2-7,10-13,20,22,24-25,30H,8-9,14-19H2,1H3,(H,32,36)/t22-,24-,25-/m0/s1. The molecule has 3 atom stereocenters. The van der Waals surface area contributed by atoms with Crippen molar-refractivity contribution in [1.29, 1.82) is 0 Å². The van der Waals surface area contributed by atoms with Crippen LogP contribution in [0.5, 0.6) is 0 Å². The van der Waals surface area contributed by atoms with E-state index in [4.69, 9.17) is 9.72 Å². The van der Waals surface area contributed by atoms with Crippen LogP contribution in [-0.2, 0) is 4.74 Å². The van der Waals surface area contributed by atoms with E-state index in [9.17, 15) is 9.59 Å². The van der Waals surface area contributed by atoms with Crippen LogP contribution in [0, 0.1) is 0 Å². The zero-order chi connectivity index (χ0) is 26.3. The van der Waals surface area contributed by atoms with Gasteiger partial charge in [0.25, 0.3) is 5.91 Å². The summed E-state index contributed by atoms with van der Waals surface area (Å²) in [6.45, 7) is 2.14. The van der Waals surface area contributed by atoms with E-state index in [1.165, 1.54) is 12.0 Å². The summed E-state index contributed by atoms with van der Waals surface area (Å²) < 4.78 is 7.01. The second kappa shape index (κ2) is 12.5. The van der Waals surface area contributed by atoms with Crippen LogP contribution in [0.15, 0.2) is 71.9 Å². The summed E-state index contributed by atoms with van der Waals surface area (Å²) in [6.07, 6.45) is 5.19. The van der Waals surface area contributed by atoms with Gasteiger partial charge in [-0.3, -0.25) is 4.79 Å². The monoisotopic (exact) mass is 533 g/mol. The van der Waals surface area contributed by atoms with E-state index in [0.29, 0.717) is 12.2 Å². The van der Waals surface area contributed by atoms with E-state index in [2.05, 4.69) is 27.3 Å². The second-order valence-electron chi connectivity index (χ2n) is 9.79. The van der Waals surface area contributed by atoms with Gasteiger partial charge in [-0.2, -0.15) is 0 Å². The molecule has 1 aromatic heterocycles. The number of nitrogens with one attached hydrogen (secondary N) is 2. The van der Waals surface area contributed by atoms with Crippen molar-refractivity contribution in [2.45, 2.75) is 48.7 Å². The van der Waals surface area contributed by atoms with Crippen LogP contribution in [0.2, 0.25) is 0 Å². The first-order valence-electron chi connectivity index (χ1n) is 13.3. The number of hydrogen-bond donors (Lipinski definition) is 2. The molecule has 2 N–H and O–H groups in total. The second-order valence-corrected chi connectivity index (χ2v) is 10.9. The Morgan fingerprint density at radius 2 is 1.82 bits per heavy atom. The molecule has 2 amide bonds. The lowest BCUT2D eigenvalue weighted by atomic mass is 9.89. The third-order valence-corrected chi connectivity index (χ3v) is 8.57. The van der Waals surface area contributed by atoms with Gasteiger partial charge in [0, 0.05) is 35.8 Å². The largest absolute Gasteiger partial charge is 0.453 e. The third-order valence-electron chi connectivity index (χ3n) is 7.42. The molecule has 3 aromatic rings. The minimum Gasteiger partial charge on any atom is -0.453 e. The molecule has 0 spiro atoms. The first kappa shape index (κ1) is 26.3. The Kier molecular flexibility index (Phi) is 8.65. The molecule has 0 radical (unpaired) electrons. The molecule has 200 valence electrons. The van der Waals surface area contributed by atoms with Gasteiger partial charge in [-0.15, -0.1) is 11.8 Å². The van der Waals surface area contributed by atoms with Crippen LogP contribution in [0.3, 0.4) is 0 Å². The lowest BCUT2D eigenvalue weighted by Gasteiger charge is -2.36. The molecular formula is C29H35N5O3S. The number of thioether (sulfide) groups is 1. The number of benzene rings is 2. The van der Waals surface area contributed by atoms with E-state index < -0.39 is 6.09 Å². The molecule has 2 fully saturated rings. The summed E-state index contributed by atoms with van der Waals surface area (Å²) in [4.78, 5) is 34.2. The average molecular weight is 534 g/mol. The highest BCUT2D eigenvalue weighted by Crippen LogP contribution is 2.35. The number of nitrogens with zero attached hydrogens (tertiary/aromatic N) is 3. The maximum absolute atomic E-state index is 14.1. The zero-order valence-electron chi connectivity index (χ0n) is 21.7. The number of hydrogen-bond acceptors (Lipinski definition) is 6. The number of aromatic nitrogens is 2. The predicted molar refractivity (Wildman–Crippen MR) is 149 cm³/mol. The number of carbonyl (C=O) groups is 2. The fourth-order valence-corrected chi connectivity index (χ4v) is 6.53. The minimum atomic E-state index is -0.431. The molecular weight excluding hydrogens is 498 g/mol. The Morgan fingerprint density at radius 1 is 1.08 bits per heavy atom. The molecule has 38 heavy (non-hydrogen) atoms. The molecule has 0 unspecified atom stereocenters. The van der Waals surface area contributed by atoms with Crippen LogP contribution in [-0.4, -0.2) is 71.0 Å². The normalized spacial score (nSPS) is 21.6. The number of rotatable bonds is 7. The molecule has 0 bridgehead atoms. The number of carbonyl (C=O) groups excluding carboxylic acids is 2. The van der Waals surface area contributed by atoms with Crippen molar-refractivity contribution in [3.8, 4) is 11.3 Å². The van der Waals surface area contributed by atoms with Crippen molar-refractivity contribution in [1.82, 2.24) is 25.1 Å². The van der Waals surface area contributed by atoms with Crippen molar-refractivity contribution in [2.24, 2.45) is 0 Å². The zero-order valence-corrected chi connectivity index (χ0v) is 22.5. The fraction of sp³-hybridized carbons (Fsp3) is 0.414. The summed E-state index contributed by atoms with van der Waals surface area (Å²) >= 11 is 1.77. The van der Waals surface area contributed by atoms with Crippen molar-refractivity contribution in [3.63, 3.8) is 0 Å². The van der Waals surface area contributed by atoms with Crippen LogP contribution in [0.4, 0.5) is 4.79 Å². The van der Waals surface area contributed by atoms with E-state index >= 15 is 0 Å². The Labute approximate surface area is 228 Å². The molecule has 8 nitrogen and oxygen atoms in total. The van der Waals surface area contributed by atoms with Gasteiger partial charge in [0.15, 0.2) is 5.69 Å². The molecule has 2 aromatic carbocycles. The van der Waals surface area contributed by atoms with E-state index in [1.54, 1.807) is 18.1 Å². The van der Waals surface area contributed by atoms with Crippen LogP contribution in [0.25, 0.3) is 11.3 Å². The molecule has 1 aliphatic heterocycles. The fourth-order valence-electron chi connectivity index (χ4n) is 5.50. The Hall–Kier alpha value is -3.30. The quantitative estimate of drug-likeness (QED) is 0.432. The topological polar surface area (TPSA) is 88.5 Å². The van der Waals surface area contributed by atoms with Crippen molar-refractivity contribution >= 4 is 23.8 Å². The number of piperazine rings is 1. The van der Waals surface area contributed by atoms with Gasteiger partial charge >= 0.3 is 6.09 Å². The molecule has 1 aliphatic carbocycles. The number of ether oxygens (including phenoxy) is 1. The first-order valence-corrected chi connectivity index (χ1v) is 14.3. The smallest absolute Gasteiger partial charge is 0.407 e. The lowest BCUT2D eigenvalue weighted by molar-refractivity contribution is 0.0655. The third kappa shape index (κ3) is 5.89. The summed E-state index contributed by atoms with van der Waals surface area (Å²) in [5.74, 6) is 0.758. The highest BCUT2D eigenvalue weighted by atomic mass is 32.2. The minimum absolute atomic E-state index is 0.0143. The summed E-state index contributed by atoms with van der Waals surface area (Å²) in [5.41, 5.74) is 2.23. The van der Waals surface area contributed by atoms with Gasteiger partial charge in [0.1, 0.15) is 0 Å². The van der Waals surface area contributed by atoms with Crippen molar-refractivity contribution < 1.29 is 14.3 Å². The van der Waals surface area contributed by atoms with Gasteiger partial charge in [0.2, 0.25) is 0 Å². The Bertz CT molecular complexity index is 1220. The van der Waals surface area contributed by atoms with Crippen LogP contribution in [0.1, 0.15) is 42.2 Å². The highest BCUT2D eigenvalue weighted by molar-refractivity contribution is 7.99. The summed E-state index contributed by atoms with van der Waals surface area (Å²) in [5, 5.41) is 6.48. The number of methoxy groups -OCH3 is 1. The maximum Gasteiger partial charge on any atom is 0.407 e. The number of amides is 2. The predicted octanol–water partition coefficient (Wildman–Crippen LogP) is 4.60. The van der Waals surface area contributed by atoms with E-state index in [1.807, 2.05) is 53.4 Å². The molecule has 9 heteroatoms. The Balaban J connectivity index is 1.46. The van der Waals surface area contributed by atoms with Gasteiger partial charge in [-0.05, 0) is 25.0 Å². The maximum atomic E-state index is 14.1. The molecule has 2 aliphatic rings. The van der Waals surface area contributed by atoms with Crippen LogP contribution >= 0.6 is 11.8 Å². The first-order chi connectivity index (χ1) is 18.7. The summed E-state index contributed by atoms with van der Waals surface area (Å²) in [6, 6.07) is 20.2. The average Bonchev–Trinajstić information content (AvgIpc) is 3.42. The highest BCUT2D eigenvalue weighted by Gasteiger charge is 2.35. The van der Waals surface area contributed by atoms with Crippen molar-refractivity contribution in [2.75, 3.05) is 32.5 Å². The number of alkyl carbamates (subject to hydrolysis) is 1. The number of imidazole rings is 1. The lowest BCUT2D eigenvalue weighted by Crippen LogP contribution is -2.54. The molecule has 1 saturated heterocycles. The van der Waals surface area contributed by atoms with Crippen molar-refractivity contribution in [3.05, 3.63) is 72.7 Å². The Morgan fingerprint density at radius 3 is 2.58 bits per heavy atom.